The van der Waals surface area contributed by atoms with Gasteiger partial charge in [0.25, 0.3) is 0 Å². The molecule has 1 atom stereocenters. The largest absolute Gasteiger partial charge is 0.496 e. The summed E-state index contributed by atoms with van der Waals surface area (Å²) in [7, 11) is 1.65. The van der Waals surface area contributed by atoms with Crippen molar-refractivity contribution >= 4 is 27.7 Å². The highest BCUT2D eigenvalue weighted by Crippen LogP contribution is 2.24. The molecule has 0 amide bonds. The summed E-state index contributed by atoms with van der Waals surface area (Å²) in [6, 6.07) is 15.9. The normalized spacial score (nSPS) is 12.2. The van der Waals surface area contributed by atoms with E-state index in [1.807, 2.05) is 42.5 Å². The first-order valence-corrected chi connectivity index (χ1v) is 8.15. The molecule has 106 valence electrons. The molecule has 4 heteroatoms. The fraction of sp³-hybridized carbons (Fsp3) is 0.250. The number of thioether (sulfide) groups is 1. The Morgan fingerprint density at radius 2 is 2.00 bits per heavy atom. The van der Waals surface area contributed by atoms with Gasteiger partial charge in [0, 0.05) is 21.5 Å². The van der Waals surface area contributed by atoms with Crippen LogP contribution in [0.25, 0.3) is 0 Å². The maximum Gasteiger partial charge on any atom is 0.122 e. The molecule has 1 unspecified atom stereocenters. The molecule has 0 aliphatic heterocycles. The van der Waals surface area contributed by atoms with Gasteiger partial charge < -0.3 is 9.84 Å². The van der Waals surface area contributed by atoms with Crippen LogP contribution in [-0.4, -0.2) is 24.1 Å². The van der Waals surface area contributed by atoms with E-state index in [9.17, 15) is 5.11 Å². The van der Waals surface area contributed by atoms with Crippen molar-refractivity contribution in [2.75, 3.05) is 12.9 Å². The van der Waals surface area contributed by atoms with Crippen LogP contribution in [0.4, 0.5) is 0 Å². The van der Waals surface area contributed by atoms with E-state index in [4.69, 9.17) is 4.74 Å². The number of ether oxygens (including phenoxy) is 1. The van der Waals surface area contributed by atoms with Gasteiger partial charge in [-0.3, -0.25) is 0 Å². The van der Waals surface area contributed by atoms with Gasteiger partial charge in [-0.05, 0) is 29.8 Å². The number of para-hydroxylation sites is 1. The number of aliphatic hydroxyl groups excluding tert-OH is 1. The molecule has 2 aromatic carbocycles. The van der Waals surface area contributed by atoms with Crippen LogP contribution < -0.4 is 4.74 Å². The predicted octanol–water partition coefficient (Wildman–Crippen LogP) is 4.15. The van der Waals surface area contributed by atoms with Gasteiger partial charge in [-0.25, -0.2) is 0 Å². The topological polar surface area (TPSA) is 29.5 Å². The summed E-state index contributed by atoms with van der Waals surface area (Å²) in [5, 5.41) is 10.2. The van der Waals surface area contributed by atoms with Crippen LogP contribution in [0, 0.1) is 0 Å². The number of hydrogen-bond donors (Lipinski definition) is 1. The third-order valence-electron chi connectivity index (χ3n) is 2.89. The highest BCUT2D eigenvalue weighted by atomic mass is 79.9. The molecule has 0 radical (unpaired) electrons. The second-order valence-electron chi connectivity index (χ2n) is 4.44. The molecule has 2 rings (SSSR count). The first-order chi connectivity index (χ1) is 9.69. The van der Waals surface area contributed by atoms with Crippen LogP contribution in [0.3, 0.4) is 0 Å². The van der Waals surface area contributed by atoms with E-state index in [1.165, 1.54) is 0 Å². The van der Waals surface area contributed by atoms with Crippen LogP contribution in [0.15, 0.2) is 57.9 Å². The van der Waals surface area contributed by atoms with E-state index in [0.29, 0.717) is 12.2 Å². The Labute approximate surface area is 132 Å². The summed E-state index contributed by atoms with van der Waals surface area (Å²) < 4.78 is 6.36. The van der Waals surface area contributed by atoms with Gasteiger partial charge in [0.1, 0.15) is 5.75 Å². The zero-order chi connectivity index (χ0) is 14.4. The zero-order valence-corrected chi connectivity index (χ0v) is 13.7. The van der Waals surface area contributed by atoms with Gasteiger partial charge in [-0.1, -0.05) is 40.2 Å². The Kier molecular flexibility index (Phi) is 5.95. The third kappa shape index (κ3) is 4.54. The standard InChI is InChI=1S/C16H17BrO2S/c1-19-16-8-3-2-5-12(16)9-14(18)11-20-15-7-4-6-13(17)10-15/h2-8,10,14,18H,9,11H2,1H3. The summed E-state index contributed by atoms with van der Waals surface area (Å²) in [5.41, 5.74) is 1.04. The Balaban J connectivity index is 1.91. The molecule has 0 heterocycles. The number of benzene rings is 2. The smallest absolute Gasteiger partial charge is 0.122 e. The van der Waals surface area contributed by atoms with E-state index < -0.39 is 6.10 Å². The van der Waals surface area contributed by atoms with Crippen molar-refractivity contribution in [2.45, 2.75) is 17.4 Å². The van der Waals surface area contributed by atoms with Crippen LogP contribution >= 0.6 is 27.7 Å². The first kappa shape index (κ1) is 15.4. The predicted molar refractivity (Wildman–Crippen MR) is 87.6 cm³/mol. The van der Waals surface area contributed by atoms with Crippen LogP contribution in [0.5, 0.6) is 5.75 Å². The van der Waals surface area contributed by atoms with Crippen LogP contribution in [0.2, 0.25) is 0 Å². The van der Waals surface area contributed by atoms with E-state index in [-0.39, 0.29) is 0 Å². The van der Waals surface area contributed by atoms with Crippen molar-refractivity contribution in [3.63, 3.8) is 0 Å². The van der Waals surface area contributed by atoms with Gasteiger partial charge in [0.05, 0.1) is 13.2 Å². The fourth-order valence-electron chi connectivity index (χ4n) is 1.93. The maximum absolute atomic E-state index is 10.2. The summed E-state index contributed by atoms with van der Waals surface area (Å²) in [6.07, 6.45) is 0.209. The molecule has 0 saturated carbocycles. The third-order valence-corrected chi connectivity index (χ3v) is 4.52. The van der Waals surface area contributed by atoms with Crippen LogP contribution in [-0.2, 0) is 6.42 Å². The fourth-order valence-corrected chi connectivity index (χ4v) is 3.37. The molecule has 2 nitrogen and oxygen atoms in total. The molecule has 0 aliphatic rings. The lowest BCUT2D eigenvalue weighted by Crippen LogP contribution is -2.14. The van der Waals surface area contributed by atoms with E-state index in [1.54, 1.807) is 18.9 Å². The summed E-state index contributed by atoms with van der Waals surface area (Å²) in [4.78, 5) is 1.15. The molecule has 0 aromatic heterocycles. The number of methoxy groups -OCH3 is 1. The molecule has 0 spiro atoms. The second kappa shape index (κ2) is 7.72. The SMILES string of the molecule is COc1ccccc1CC(O)CSc1cccc(Br)c1. The van der Waals surface area contributed by atoms with Crippen LogP contribution in [0.1, 0.15) is 5.56 Å². The van der Waals surface area contributed by atoms with Gasteiger partial charge in [0.2, 0.25) is 0 Å². The van der Waals surface area contributed by atoms with Crippen molar-refractivity contribution in [2.24, 2.45) is 0 Å². The lowest BCUT2D eigenvalue weighted by atomic mass is 10.1. The van der Waals surface area contributed by atoms with Gasteiger partial charge >= 0.3 is 0 Å². The molecule has 2 aromatic rings. The zero-order valence-electron chi connectivity index (χ0n) is 11.3. The number of aliphatic hydroxyl groups is 1. The van der Waals surface area contributed by atoms with Crippen molar-refractivity contribution in [1.29, 1.82) is 0 Å². The quantitative estimate of drug-likeness (QED) is 0.791. The summed E-state index contributed by atoms with van der Waals surface area (Å²) in [5.74, 6) is 1.49. The summed E-state index contributed by atoms with van der Waals surface area (Å²) in [6.45, 7) is 0. The molecule has 0 bridgehead atoms. The minimum Gasteiger partial charge on any atom is -0.496 e. The lowest BCUT2D eigenvalue weighted by molar-refractivity contribution is 0.199. The lowest BCUT2D eigenvalue weighted by Gasteiger charge is -2.13. The van der Waals surface area contributed by atoms with Crippen molar-refractivity contribution in [3.8, 4) is 5.75 Å². The number of hydrogen-bond acceptors (Lipinski definition) is 3. The molecule has 0 saturated heterocycles. The van der Waals surface area contributed by atoms with E-state index >= 15 is 0 Å². The molecule has 1 N–H and O–H groups in total. The van der Waals surface area contributed by atoms with Gasteiger partial charge in [0.15, 0.2) is 0 Å². The van der Waals surface area contributed by atoms with Crippen molar-refractivity contribution < 1.29 is 9.84 Å². The van der Waals surface area contributed by atoms with Gasteiger partial charge in [-0.2, -0.15) is 0 Å². The van der Waals surface area contributed by atoms with E-state index in [0.717, 1.165) is 20.7 Å². The van der Waals surface area contributed by atoms with Gasteiger partial charge in [-0.15, -0.1) is 11.8 Å². The van der Waals surface area contributed by atoms with E-state index in [2.05, 4.69) is 22.0 Å². The Hall–Kier alpha value is -0.970. The molecule has 0 fully saturated rings. The maximum atomic E-state index is 10.2. The molecular weight excluding hydrogens is 336 g/mol. The minimum absolute atomic E-state index is 0.393. The molecule has 0 aliphatic carbocycles. The Morgan fingerprint density at radius 3 is 2.75 bits per heavy atom. The molecular formula is C16H17BrO2S. The van der Waals surface area contributed by atoms with Crippen molar-refractivity contribution in [3.05, 3.63) is 58.6 Å². The first-order valence-electron chi connectivity index (χ1n) is 6.37. The average molecular weight is 353 g/mol. The number of rotatable bonds is 6. The summed E-state index contributed by atoms with van der Waals surface area (Å²) >= 11 is 5.10. The average Bonchev–Trinajstić information content (AvgIpc) is 2.46. The Bertz CT molecular complexity index is 560. The van der Waals surface area contributed by atoms with Crippen molar-refractivity contribution in [1.82, 2.24) is 0 Å². The highest BCUT2D eigenvalue weighted by Gasteiger charge is 2.10. The second-order valence-corrected chi connectivity index (χ2v) is 6.45. The minimum atomic E-state index is -0.393. The Morgan fingerprint density at radius 1 is 1.20 bits per heavy atom. The number of halogens is 1. The monoisotopic (exact) mass is 352 g/mol. The highest BCUT2D eigenvalue weighted by molar-refractivity contribution is 9.10. The molecule has 20 heavy (non-hydrogen) atoms.